The molecule has 1 atom stereocenters. The van der Waals surface area contributed by atoms with Gasteiger partial charge in [-0.05, 0) is 12.8 Å². The van der Waals surface area contributed by atoms with Gasteiger partial charge in [0.1, 0.15) is 6.04 Å². The van der Waals surface area contributed by atoms with Gasteiger partial charge in [-0.15, -0.1) is 0 Å². The number of carbonyl (C=O) groups excluding carboxylic acids is 1. The number of carboxylic acid groups (broad SMARTS) is 1. The van der Waals surface area contributed by atoms with Crippen molar-refractivity contribution in [1.82, 2.24) is 9.80 Å². The molecule has 0 aromatic rings. The zero-order valence-electron chi connectivity index (χ0n) is 11.3. The summed E-state index contributed by atoms with van der Waals surface area (Å²) >= 11 is 0. The molecule has 5 nitrogen and oxygen atoms in total. The van der Waals surface area contributed by atoms with Crippen molar-refractivity contribution in [2.24, 2.45) is 0 Å². The third kappa shape index (κ3) is 4.90. The van der Waals surface area contributed by atoms with Gasteiger partial charge >= 0.3 is 18.2 Å². The maximum atomic E-state index is 12.1. The van der Waals surface area contributed by atoms with Crippen molar-refractivity contribution in [2.75, 3.05) is 20.1 Å². The summed E-state index contributed by atoms with van der Waals surface area (Å²) < 4.78 is 36.4. The third-order valence-corrected chi connectivity index (χ3v) is 3.34. The molecule has 0 aromatic carbocycles. The molecule has 1 fully saturated rings. The van der Waals surface area contributed by atoms with Gasteiger partial charge in [0, 0.05) is 20.1 Å². The Balaban J connectivity index is 2.68. The molecule has 1 rings (SSSR count). The van der Waals surface area contributed by atoms with Crippen LogP contribution in [0.1, 0.15) is 32.1 Å². The molecular weight excluding hydrogens is 277 g/mol. The van der Waals surface area contributed by atoms with E-state index in [0.717, 1.165) is 11.3 Å². The minimum atomic E-state index is -4.33. The smallest absolute Gasteiger partial charge is 0.390 e. The normalized spacial score (nSPS) is 20.4. The number of rotatable bonds is 3. The minimum absolute atomic E-state index is 0.270. The van der Waals surface area contributed by atoms with E-state index >= 15 is 0 Å². The minimum Gasteiger partial charge on any atom is -0.480 e. The highest BCUT2D eigenvalue weighted by atomic mass is 19.4. The number of hydrogen-bond acceptors (Lipinski definition) is 2. The molecule has 1 unspecified atom stereocenters. The molecule has 20 heavy (non-hydrogen) atoms. The van der Waals surface area contributed by atoms with Gasteiger partial charge in [-0.1, -0.05) is 12.8 Å². The van der Waals surface area contributed by atoms with E-state index in [-0.39, 0.29) is 6.54 Å². The highest BCUT2D eigenvalue weighted by Gasteiger charge is 2.34. The summed E-state index contributed by atoms with van der Waals surface area (Å²) in [6.45, 7) is -0.197. The zero-order chi connectivity index (χ0) is 15.3. The molecule has 0 spiro atoms. The Morgan fingerprint density at radius 3 is 2.50 bits per heavy atom. The Morgan fingerprint density at radius 2 is 1.95 bits per heavy atom. The Morgan fingerprint density at radius 1 is 1.30 bits per heavy atom. The first-order valence-electron chi connectivity index (χ1n) is 6.53. The molecule has 0 saturated carbocycles. The Labute approximate surface area is 115 Å². The molecule has 1 aliphatic heterocycles. The van der Waals surface area contributed by atoms with Crippen molar-refractivity contribution in [2.45, 2.75) is 44.3 Å². The lowest BCUT2D eigenvalue weighted by Gasteiger charge is -2.31. The average Bonchev–Trinajstić information content (AvgIpc) is 2.59. The molecule has 1 heterocycles. The van der Waals surface area contributed by atoms with Gasteiger partial charge in [-0.2, -0.15) is 13.2 Å². The monoisotopic (exact) mass is 296 g/mol. The van der Waals surface area contributed by atoms with Crippen LogP contribution >= 0.6 is 0 Å². The van der Waals surface area contributed by atoms with Crippen LogP contribution in [0.15, 0.2) is 0 Å². The van der Waals surface area contributed by atoms with Crippen molar-refractivity contribution in [3.05, 3.63) is 0 Å². The van der Waals surface area contributed by atoms with Gasteiger partial charge in [0.25, 0.3) is 0 Å². The number of carboxylic acids is 1. The van der Waals surface area contributed by atoms with Gasteiger partial charge in [0.15, 0.2) is 0 Å². The maximum Gasteiger partial charge on any atom is 0.390 e. The lowest BCUT2D eigenvalue weighted by atomic mass is 10.1. The van der Waals surface area contributed by atoms with Crippen LogP contribution in [-0.4, -0.2) is 59.3 Å². The van der Waals surface area contributed by atoms with Gasteiger partial charge < -0.3 is 14.9 Å². The summed E-state index contributed by atoms with van der Waals surface area (Å²) in [5, 5.41) is 9.13. The van der Waals surface area contributed by atoms with E-state index in [4.69, 9.17) is 5.11 Å². The number of aliphatic carboxylic acids is 1. The van der Waals surface area contributed by atoms with Crippen LogP contribution in [-0.2, 0) is 4.79 Å². The summed E-state index contributed by atoms with van der Waals surface area (Å²) in [6, 6.07) is -1.60. The number of hydrogen-bond donors (Lipinski definition) is 1. The van der Waals surface area contributed by atoms with Crippen molar-refractivity contribution in [3.63, 3.8) is 0 Å². The summed E-state index contributed by atoms with van der Waals surface area (Å²) in [5.74, 6) is -1.11. The number of alkyl halides is 3. The van der Waals surface area contributed by atoms with Crippen molar-refractivity contribution in [1.29, 1.82) is 0 Å². The molecular formula is C12H19F3N2O3. The molecule has 1 aliphatic rings. The SMILES string of the molecule is CN(CCC(F)(F)F)C(=O)N1CCCCCC1C(=O)O. The number of nitrogens with zero attached hydrogens (tertiary/aromatic N) is 2. The van der Waals surface area contributed by atoms with Crippen LogP contribution in [0, 0.1) is 0 Å². The van der Waals surface area contributed by atoms with E-state index in [2.05, 4.69) is 0 Å². The molecule has 8 heteroatoms. The maximum absolute atomic E-state index is 12.1. The van der Waals surface area contributed by atoms with Gasteiger partial charge in [0.2, 0.25) is 0 Å². The van der Waals surface area contributed by atoms with Gasteiger partial charge in [-0.3, -0.25) is 0 Å². The van der Waals surface area contributed by atoms with E-state index in [9.17, 15) is 22.8 Å². The van der Waals surface area contributed by atoms with Crippen molar-refractivity contribution >= 4 is 12.0 Å². The summed E-state index contributed by atoms with van der Waals surface area (Å²) in [6.07, 6.45) is -2.90. The van der Waals surface area contributed by atoms with Crippen molar-refractivity contribution in [3.8, 4) is 0 Å². The topological polar surface area (TPSA) is 60.9 Å². The van der Waals surface area contributed by atoms with E-state index in [1.807, 2.05) is 0 Å². The fourth-order valence-corrected chi connectivity index (χ4v) is 2.20. The number of amides is 2. The van der Waals surface area contributed by atoms with Crippen molar-refractivity contribution < 1.29 is 27.9 Å². The second kappa shape index (κ2) is 6.81. The number of urea groups is 1. The number of likely N-dealkylation sites (tertiary alicyclic amines) is 1. The Bertz CT molecular complexity index is 360. The summed E-state index contributed by atoms with van der Waals surface area (Å²) in [5.41, 5.74) is 0. The molecule has 0 radical (unpaired) electrons. The first-order chi connectivity index (χ1) is 9.22. The highest BCUT2D eigenvalue weighted by Crippen LogP contribution is 2.21. The molecule has 2 amide bonds. The van der Waals surface area contributed by atoms with Crippen LogP contribution < -0.4 is 0 Å². The van der Waals surface area contributed by atoms with Crippen LogP contribution in [0.2, 0.25) is 0 Å². The van der Waals surface area contributed by atoms with Gasteiger partial charge in [0.05, 0.1) is 6.42 Å². The molecule has 1 N–H and O–H groups in total. The highest BCUT2D eigenvalue weighted by molar-refractivity contribution is 5.82. The fraction of sp³-hybridized carbons (Fsp3) is 0.833. The van der Waals surface area contributed by atoms with E-state index in [0.29, 0.717) is 19.3 Å². The third-order valence-electron chi connectivity index (χ3n) is 3.34. The van der Waals surface area contributed by atoms with Gasteiger partial charge in [-0.25, -0.2) is 9.59 Å². The molecule has 0 aromatic heterocycles. The largest absolute Gasteiger partial charge is 0.480 e. The lowest BCUT2D eigenvalue weighted by molar-refractivity contribution is -0.143. The summed E-state index contributed by atoms with van der Waals surface area (Å²) in [7, 11) is 1.26. The molecule has 0 bridgehead atoms. The van der Waals surface area contributed by atoms with E-state index in [1.54, 1.807) is 0 Å². The van der Waals surface area contributed by atoms with E-state index in [1.165, 1.54) is 11.9 Å². The second-order valence-corrected chi connectivity index (χ2v) is 4.97. The lowest BCUT2D eigenvalue weighted by Crippen LogP contribution is -2.50. The first-order valence-corrected chi connectivity index (χ1v) is 6.53. The molecule has 1 saturated heterocycles. The predicted molar refractivity (Wildman–Crippen MR) is 65.3 cm³/mol. The Kier molecular flexibility index (Phi) is 5.64. The average molecular weight is 296 g/mol. The van der Waals surface area contributed by atoms with Crippen LogP contribution in [0.3, 0.4) is 0 Å². The second-order valence-electron chi connectivity index (χ2n) is 4.97. The quantitative estimate of drug-likeness (QED) is 0.869. The Hall–Kier alpha value is -1.47. The molecule has 116 valence electrons. The number of halogens is 3. The number of carbonyl (C=O) groups is 2. The predicted octanol–water partition coefficient (Wildman–Crippen LogP) is 2.32. The fourth-order valence-electron chi connectivity index (χ4n) is 2.20. The standard InChI is InChI=1S/C12H19F3N2O3/c1-16(8-6-12(13,14)15)11(20)17-7-4-2-3-5-9(17)10(18)19/h9H,2-8H2,1H3,(H,18,19). The molecule has 0 aliphatic carbocycles. The van der Waals surface area contributed by atoms with Crippen LogP contribution in [0.4, 0.5) is 18.0 Å². The van der Waals surface area contributed by atoms with Crippen LogP contribution in [0.25, 0.3) is 0 Å². The first kappa shape index (κ1) is 16.6. The summed E-state index contributed by atoms with van der Waals surface area (Å²) in [4.78, 5) is 25.4. The van der Waals surface area contributed by atoms with Crippen LogP contribution in [0.5, 0.6) is 0 Å². The zero-order valence-corrected chi connectivity index (χ0v) is 11.3. The van der Waals surface area contributed by atoms with E-state index < -0.39 is 37.2 Å².